The molecule has 1 aromatic heterocycles. The standard InChI is InChI=1S/C18H15Cl2N3O2/c1-10-4-3-5-15(11(10)2)22-16(24)8-23-9-21-17-13(18(23)25)6-12(19)7-14(17)20/h3-7,9H,8H2,1-2H3,(H,22,24). The molecule has 0 saturated carbocycles. The van der Waals surface area contributed by atoms with Crippen LogP contribution in [-0.4, -0.2) is 15.5 Å². The Balaban J connectivity index is 1.90. The lowest BCUT2D eigenvalue weighted by molar-refractivity contribution is -0.116. The van der Waals surface area contributed by atoms with Crippen molar-refractivity contribution >= 4 is 45.7 Å². The predicted molar refractivity (Wildman–Crippen MR) is 101 cm³/mol. The molecule has 1 amide bonds. The van der Waals surface area contributed by atoms with E-state index in [0.717, 1.165) is 16.8 Å². The van der Waals surface area contributed by atoms with Crippen LogP contribution in [-0.2, 0) is 11.3 Å². The highest BCUT2D eigenvalue weighted by Gasteiger charge is 2.12. The van der Waals surface area contributed by atoms with Crippen molar-refractivity contribution in [3.63, 3.8) is 0 Å². The Morgan fingerprint density at radius 2 is 2.00 bits per heavy atom. The average molecular weight is 376 g/mol. The predicted octanol–water partition coefficient (Wildman–Crippen LogP) is 3.96. The van der Waals surface area contributed by atoms with Crippen LogP contribution < -0.4 is 10.9 Å². The van der Waals surface area contributed by atoms with Gasteiger partial charge >= 0.3 is 0 Å². The molecule has 25 heavy (non-hydrogen) atoms. The van der Waals surface area contributed by atoms with E-state index in [-0.39, 0.29) is 23.4 Å². The molecule has 0 spiro atoms. The fourth-order valence-electron chi connectivity index (χ4n) is 2.54. The number of anilines is 1. The van der Waals surface area contributed by atoms with Gasteiger partial charge in [-0.15, -0.1) is 0 Å². The summed E-state index contributed by atoms with van der Waals surface area (Å²) in [5.41, 5.74) is 2.77. The maximum absolute atomic E-state index is 12.6. The summed E-state index contributed by atoms with van der Waals surface area (Å²) in [7, 11) is 0. The summed E-state index contributed by atoms with van der Waals surface area (Å²) in [6.07, 6.45) is 1.31. The summed E-state index contributed by atoms with van der Waals surface area (Å²) < 4.78 is 1.23. The van der Waals surface area contributed by atoms with Crippen LogP contribution in [0, 0.1) is 13.8 Å². The van der Waals surface area contributed by atoms with Gasteiger partial charge in [-0.3, -0.25) is 14.2 Å². The van der Waals surface area contributed by atoms with Crippen molar-refractivity contribution < 1.29 is 4.79 Å². The molecule has 0 aliphatic heterocycles. The summed E-state index contributed by atoms with van der Waals surface area (Å²) in [6, 6.07) is 8.68. The molecule has 1 N–H and O–H groups in total. The summed E-state index contributed by atoms with van der Waals surface area (Å²) in [5.74, 6) is -0.315. The van der Waals surface area contributed by atoms with Crippen LogP contribution in [0.5, 0.6) is 0 Å². The summed E-state index contributed by atoms with van der Waals surface area (Å²) in [4.78, 5) is 29.1. The molecular weight excluding hydrogens is 361 g/mol. The highest BCUT2D eigenvalue weighted by molar-refractivity contribution is 6.38. The Morgan fingerprint density at radius 1 is 1.24 bits per heavy atom. The number of halogens is 2. The van der Waals surface area contributed by atoms with Gasteiger partial charge in [-0.1, -0.05) is 35.3 Å². The number of aryl methyl sites for hydroxylation is 1. The fourth-order valence-corrected chi connectivity index (χ4v) is 3.08. The number of nitrogens with one attached hydrogen (secondary N) is 1. The summed E-state index contributed by atoms with van der Waals surface area (Å²) in [6.45, 7) is 3.74. The van der Waals surface area contributed by atoms with Gasteiger partial charge in [0.25, 0.3) is 5.56 Å². The molecule has 7 heteroatoms. The first-order valence-electron chi connectivity index (χ1n) is 7.57. The molecule has 0 aliphatic rings. The molecule has 1 heterocycles. The summed E-state index contributed by atoms with van der Waals surface area (Å²) in [5, 5.41) is 3.74. The van der Waals surface area contributed by atoms with Gasteiger partial charge in [-0.05, 0) is 43.2 Å². The Labute approximate surface area is 154 Å². The zero-order chi connectivity index (χ0) is 18.1. The minimum absolute atomic E-state index is 0.153. The number of aromatic nitrogens is 2. The van der Waals surface area contributed by atoms with Gasteiger partial charge in [0.15, 0.2) is 0 Å². The van der Waals surface area contributed by atoms with Crippen molar-refractivity contribution in [2.24, 2.45) is 0 Å². The molecule has 0 radical (unpaired) electrons. The number of benzene rings is 2. The highest BCUT2D eigenvalue weighted by atomic mass is 35.5. The van der Waals surface area contributed by atoms with E-state index >= 15 is 0 Å². The van der Waals surface area contributed by atoms with Crippen LogP contribution in [0.2, 0.25) is 10.0 Å². The molecule has 2 aromatic carbocycles. The number of rotatable bonds is 3. The Kier molecular flexibility index (Phi) is 4.79. The van der Waals surface area contributed by atoms with Crippen LogP contribution in [0.25, 0.3) is 10.9 Å². The van der Waals surface area contributed by atoms with E-state index in [1.807, 2.05) is 32.0 Å². The normalized spacial score (nSPS) is 10.9. The van der Waals surface area contributed by atoms with E-state index in [2.05, 4.69) is 10.3 Å². The number of carbonyl (C=O) groups excluding carboxylic acids is 1. The number of hydrogen-bond donors (Lipinski definition) is 1. The monoisotopic (exact) mass is 375 g/mol. The van der Waals surface area contributed by atoms with Crippen molar-refractivity contribution in [1.82, 2.24) is 9.55 Å². The van der Waals surface area contributed by atoms with Crippen LogP contribution in [0.1, 0.15) is 11.1 Å². The van der Waals surface area contributed by atoms with Crippen molar-refractivity contribution in [1.29, 1.82) is 0 Å². The van der Waals surface area contributed by atoms with E-state index in [0.29, 0.717) is 15.6 Å². The van der Waals surface area contributed by atoms with Crippen molar-refractivity contribution in [3.8, 4) is 0 Å². The van der Waals surface area contributed by atoms with E-state index < -0.39 is 0 Å². The number of hydrogen-bond acceptors (Lipinski definition) is 3. The fraction of sp³-hybridized carbons (Fsp3) is 0.167. The lowest BCUT2D eigenvalue weighted by Gasteiger charge is -2.11. The molecular formula is C18H15Cl2N3O2. The van der Waals surface area contributed by atoms with Gasteiger partial charge in [0.2, 0.25) is 5.91 Å². The quantitative estimate of drug-likeness (QED) is 0.753. The van der Waals surface area contributed by atoms with Crippen LogP contribution in [0.3, 0.4) is 0 Å². The molecule has 5 nitrogen and oxygen atoms in total. The molecule has 3 aromatic rings. The molecule has 0 saturated heterocycles. The van der Waals surface area contributed by atoms with Crippen molar-refractivity contribution in [2.75, 3.05) is 5.32 Å². The molecule has 0 atom stereocenters. The maximum atomic E-state index is 12.6. The van der Waals surface area contributed by atoms with E-state index in [1.165, 1.54) is 23.0 Å². The molecule has 0 unspecified atom stereocenters. The Bertz CT molecular complexity index is 1040. The Morgan fingerprint density at radius 3 is 2.76 bits per heavy atom. The van der Waals surface area contributed by atoms with Gasteiger partial charge in [0.1, 0.15) is 6.54 Å². The van der Waals surface area contributed by atoms with E-state index in [4.69, 9.17) is 23.2 Å². The lowest BCUT2D eigenvalue weighted by atomic mass is 10.1. The third kappa shape index (κ3) is 3.52. The second-order valence-corrected chi connectivity index (χ2v) is 6.60. The second kappa shape index (κ2) is 6.86. The zero-order valence-corrected chi connectivity index (χ0v) is 15.1. The lowest BCUT2D eigenvalue weighted by Crippen LogP contribution is -2.28. The van der Waals surface area contributed by atoms with Crippen molar-refractivity contribution in [3.05, 3.63) is 68.2 Å². The van der Waals surface area contributed by atoms with Crippen molar-refractivity contribution in [2.45, 2.75) is 20.4 Å². The highest BCUT2D eigenvalue weighted by Crippen LogP contribution is 2.24. The van der Waals surface area contributed by atoms with E-state index in [1.54, 1.807) is 0 Å². The first kappa shape index (κ1) is 17.5. The molecule has 128 valence electrons. The van der Waals surface area contributed by atoms with Crippen LogP contribution in [0.4, 0.5) is 5.69 Å². The Hall–Kier alpha value is -2.37. The minimum Gasteiger partial charge on any atom is -0.324 e. The number of carbonyl (C=O) groups is 1. The SMILES string of the molecule is Cc1cccc(NC(=O)Cn2cnc3c(Cl)cc(Cl)cc3c2=O)c1C. The first-order valence-corrected chi connectivity index (χ1v) is 8.32. The number of amides is 1. The average Bonchev–Trinajstić information content (AvgIpc) is 2.55. The summed E-state index contributed by atoms with van der Waals surface area (Å²) >= 11 is 12.0. The van der Waals surface area contributed by atoms with Gasteiger partial charge in [-0.2, -0.15) is 0 Å². The zero-order valence-electron chi connectivity index (χ0n) is 13.6. The van der Waals surface area contributed by atoms with Crippen LogP contribution >= 0.6 is 23.2 Å². The van der Waals surface area contributed by atoms with Gasteiger partial charge in [-0.25, -0.2) is 4.98 Å². The number of fused-ring (bicyclic) bond motifs is 1. The minimum atomic E-state index is -0.370. The third-order valence-electron chi connectivity index (χ3n) is 4.04. The largest absolute Gasteiger partial charge is 0.324 e. The molecule has 0 bridgehead atoms. The topological polar surface area (TPSA) is 64.0 Å². The van der Waals surface area contributed by atoms with Gasteiger partial charge in [0.05, 0.1) is 22.3 Å². The van der Waals surface area contributed by atoms with Gasteiger partial charge < -0.3 is 5.32 Å². The maximum Gasteiger partial charge on any atom is 0.261 e. The number of nitrogens with zero attached hydrogens (tertiary/aromatic N) is 2. The molecule has 0 aliphatic carbocycles. The molecule has 3 rings (SSSR count). The smallest absolute Gasteiger partial charge is 0.261 e. The van der Waals surface area contributed by atoms with Gasteiger partial charge in [0, 0.05) is 10.7 Å². The molecule has 0 fully saturated rings. The van der Waals surface area contributed by atoms with E-state index in [9.17, 15) is 9.59 Å². The second-order valence-electron chi connectivity index (χ2n) is 5.76. The van der Waals surface area contributed by atoms with Crippen LogP contribution in [0.15, 0.2) is 41.5 Å². The first-order chi connectivity index (χ1) is 11.9. The third-order valence-corrected chi connectivity index (χ3v) is 4.54.